The first-order chi connectivity index (χ1) is 11.0. The fourth-order valence-electron chi connectivity index (χ4n) is 1.64. The number of nitrogens with two attached hydrogens (primary N) is 1. The van der Waals surface area contributed by atoms with Crippen molar-refractivity contribution in [1.29, 1.82) is 0 Å². The number of ether oxygens (including phenoxy) is 1. The molecule has 0 amide bonds. The van der Waals surface area contributed by atoms with Crippen LogP contribution >= 0.6 is 0 Å². The van der Waals surface area contributed by atoms with Gasteiger partial charge >= 0.3 is 12.2 Å². The predicted molar refractivity (Wildman–Crippen MR) is 75.1 cm³/mol. The van der Waals surface area contributed by atoms with E-state index in [1.165, 1.54) is 18.2 Å². The highest BCUT2D eigenvalue weighted by atomic mass is 19.4. The summed E-state index contributed by atoms with van der Waals surface area (Å²) in [6.07, 6.45) is -4.57. The summed E-state index contributed by atoms with van der Waals surface area (Å²) in [6, 6.07) is 4.56. The number of benzene rings is 1. The van der Waals surface area contributed by atoms with E-state index in [0.717, 1.165) is 13.0 Å². The molecule has 0 bridgehead atoms. The van der Waals surface area contributed by atoms with Gasteiger partial charge in [-0.3, -0.25) is 0 Å². The Morgan fingerprint density at radius 1 is 1.12 bits per heavy atom. The second-order valence-corrected chi connectivity index (χ2v) is 4.80. The third-order valence-corrected chi connectivity index (χ3v) is 2.62. The second kappa shape index (κ2) is 6.42. The lowest BCUT2D eigenvalue weighted by atomic mass is 10.1. The Kier molecular flexibility index (Phi) is 4.71. The molecule has 0 radical (unpaired) electrons. The Morgan fingerprint density at radius 3 is 2.46 bits per heavy atom. The SMILES string of the molecule is CC(F)(F)c1cccc(Nc2nc(N)nc(OCC(F)(F)F)n2)c1. The lowest BCUT2D eigenvalue weighted by Gasteiger charge is -2.13. The number of nitrogens with zero attached hydrogens (tertiary/aromatic N) is 3. The number of rotatable bonds is 5. The van der Waals surface area contributed by atoms with Gasteiger partial charge in [-0.25, -0.2) is 8.78 Å². The van der Waals surface area contributed by atoms with E-state index in [4.69, 9.17) is 5.73 Å². The summed E-state index contributed by atoms with van der Waals surface area (Å²) in [7, 11) is 0. The Labute approximate surface area is 132 Å². The molecule has 0 unspecified atom stereocenters. The lowest BCUT2D eigenvalue weighted by Crippen LogP contribution is -2.20. The van der Waals surface area contributed by atoms with Gasteiger partial charge in [-0.05, 0) is 12.1 Å². The number of aromatic nitrogens is 3. The summed E-state index contributed by atoms with van der Waals surface area (Å²) in [5.41, 5.74) is 5.30. The minimum absolute atomic E-state index is 0.196. The molecule has 2 aromatic rings. The molecule has 1 aromatic carbocycles. The van der Waals surface area contributed by atoms with Crippen molar-refractivity contribution in [3.05, 3.63) is 29.8 Å². The molecule has 0 fully saturated rings. The van der Waals surface area contributed by atoms with Gasteiger partial charge in [0.15, 0.2) is 6.61 Å². The molecule has 24 heavy (non-hydrogen) atoms. The van der Waals surface area contributed by atoms with E-state index in [-0.39, 0.29) is 23.1 Å². The second-order valence-electron chi connectivity index (χ2n) is 4.80. The zero-order valence-electron chi connectivity index (χ0n) is 12.2. The average Bonchev–Trinajstić information content (AvgIpc) is 2.43. The van der Waals surface area contributed by atoms with Gasteiger partial charge < -0.3 is 15.8 Å². The van der Waals surface area contributed by atoms with Crippen LogP contribution in [0.25, 0.3) is 0 Å². The fraction of sp³-hybridized carbons (Fsp3) is 0.308. The quantitative estimate of drug-likeness (QED) is 0.806. The molecule has 0 saturated carbocycles. The molecule has 1 aromatic heterocycles. The molecule has 0 saturated heterocycles. The minimum Gasteiger partial charge on any atom is -0.454 e. The molecule has 0 aliphatic heterocycles. The van der Waals surface area contributed by atoms with Crippen LogP contribution < -0.4 is 15.8 Å². The molecule has 130 valence electrons. The summed E-state index contributed by atoms with van der Waals surface area (Å²) in [4.78, 5) is 10.7. The van der Waals surface area contributed by atoms with E-state index in [1.807, 2.05) is 0 Å². The summed E-state index contributed by atoms with van der Waals surface area (Å²) in [6.45, 7) is -0.871. The number of alkyl halides is 5. The molecule has 3 N–H and O–H groups in total. The van der Waals surface area contributed by atoms with E-state index < -0.39 is 24.7 Å². The van der Waals surface area contributed by atoms with Crippen molar-refractivity contribution >= 4 is 17.6 Å². The molecular weight excluding hydrogens is 337 g/mol. The first-order valence-corrected chi connectivity index (χ1v) is 6.49. The number of halogens is 5. The van der Waals surface area contributed by atoms with Gasteiger partial charge in [-0.15, -0.1) is 0 Å². The first kappa shape index (κ1) is 17.6. The third kappa shape index (κ3) is 5.18. The van der Waals surface area contributed by atoms with E-state index in [9.17, 15) is 22.0 Å². The predicted octanol–water partition coefficient (Wildman–Crippen LogP) is 3.25. The highest BCUT2D eigenvalue weighted by molar-refractivity contribution is 5.55. The van der Waals surface area contributed by atoms with Crippen molar-refractivity contribution in [2.75, 3.05) is 17.7 Å². The molecule has 2 rings (SSSR count). The largest absolute Gasteiger partial charge is 0.454 e. The van der Waals surface area contributed by atoms with Crippen LogP contribution in [0.5, 0.6) is 6.01 Å². The van der Waals surface area contributed by atoms with Crippen molar-refractivity contribution < 1.29 is 26.7 Å². The van der Waals surface area contributed by atoms with Crippen LogP contribution in [0.1, 0.15) is 12.5 Å². The molecule has 6 nitrogen and oxygen atoms in total. The first-order valence-electron chi connectivity index (χ1n) is 6.49. The summed E-state index contributed by atoms with van der Waals surface area (Å²) < 4.78 is 67.4. The smallest absolute Gasteiger partial charge is 0.422 e. The fourth-order valence-corrected chi connectivity index (χ4v) is 1.64. The molecule has 0 spiro atoms. The van der Waals surface area contributed by atoms with E-state index in [2.05, 4.69) is 25.0 Å². The standard InChI is InChI=1S/C13H12F5N5O/c1-12(14,15)7-3-2-4-8(5-7)20-10-21-9(19)22-11(23-10)24-6-13(16,17)18/h2-5H,6H2,1H3,(H3,19,20,21,22,23). The highest BCUT2D eigenvalue weighted by Crippen LogP contribution is 2.29. The Morgan fingerprint density at radius 2 is 1.83 bits per heavy atom. The molecule has 0 atom stereocenters. The van der Waals surface area contributed by atoms with Crippen LogP contribution in [-0.4, -0.2) is 27.7 Å². The van der Waals surface area contributed by atoms with Crippen LogP contribution in [0.15, 0.2) is 24.3 Å². The van der Waals surface area contributed by atoms with Gasteiger partial charge in [0.25, 0.3) is 5.92 Å². The number of anilines is 3. The van der Waals surface area contributed by atoms with Crippen LogP contribution in [0.3, 0.4) is 0 Å². The number of nitrogens with one attached hydrogen (secondary N) is 1. The Hall–Kier alpha value is -2.72. The normalized spacial score (nSPS) is 12.1. The third-order valence-electron chi connectivity index (χ3n) is 2.62. The van der Waals surface area contributed by atoms with Crippen LogP contribution in [0.4, 0.5) is 39.5 Å². The maximum atomic E-state index is 13.3. The highest BCUT2D eigenvalue weighted by Gasteiger charge is 2.29. The van der Waals surface area contributed by atoms with Crippen molar-refractivity contribution in [2.45, 2.75) is 19.0 Å². The van der Waals surface area contributed by atoms with Crippen molar-refractivity contribution in [3.63, 3.8) is 0 Å². The summed E-state index contributed by atoms with van der Waals surface area (Å²) in [5, 5.41) is 2.56. The molecule has 1 heterocycles. The Bertz CT molecular complexity index is 717. The van der Waals surface area contributed by atoms with Gasteiger partial charge in [-0.1, -0.05) is 12.1 Å². The van der Waals surface area contributed by atoms with Gasteiger partial charge in [0.1, 0.15) is 0 Å². The van der Waals surface area contributed by atoms with E-state index in [1.54, 1.807) is 0 Å². The zero-order valence-corrected chi connectivity index (χ0v) is 12.2. The molecule has 11 heteroatoms. The van der Waals surface area contributed by atoms with E-state index in [0.29, 0.717) is 0 Å². The van der Waals surface area contributed by atoms with Crippen molar-refractivity contribution in [3.8, 4) is 6.01 Å². The average molecular weight is 349 g/mol. The molecule has 0 aliphatic rings. The summed E-state index contributed by atoms with van der Waals surface area (Å²) >= 11 is 0. The maximum Gasteiger partial charge on any atom is 0.422 e. The number of nitrogen functional groups attached to an aromatic ring is 1. The van der Waals surface area contributed by atoms with Gasteiger partial charge in [-0.2, -0.15) is 28.1 Å². The van der Waals surface area contributed by atoms with Gasteiger partial charge in [0.05, 0.1) is 0 Å². The maximum absolute atomic E-state index is 13.3. The van der Waals surface area contributed by atoms with E-state index >= 15 is 0 Å². The van der Waals surface area contributed by atoms with Crippen molar-refractivity contribution in [1.82, 2.24) is 15.0 Å². The Balaban J connectivity index is 2.19. The topological polar surface area (TPSA) is 86.0 Å². The zero-order chi connectivity index (χ0) is 18.0. The lowest BCUT2D eigenvalue weighted by molar-refractivity contribution is -0.154. The molecule has 0 aliphatic carbocycles. The monoisotopic (exact) mass is 349 g/mol. The summed E-state index contributed by atoms with van der Waals surface area (Å²) in [5.74, 6) is -3.69. The number of hydrogen-bond donors (Lipinski definition) is 2. The minimum atomic E-state index is -4.57. The van der Waals surface area contributed by atoms with Crippen LogP contribution in [0.2, 0.25) is 0 Å². The molecular formula is C13H12F5N5O. The number of hydrogen-bond acceptors (Lipinski definition) is 6. The van der Waals surface area contributed by atoms with Crippen LogP contribution in [-0.2, 0) is 5.92 Å². The van der Waals surface area contributed by atoms with Crippen molar-refractivity contribution in [2.24, 2.45) is 0 Å². The van der Waals surface area contributed by atoms with Crippen LogP contribution in [0, 0.1) is 0 Å². The van der Waals surface area contributed by atoms with Gasteiger partial charge in [0.2, 0.25) is 11.9 Å². The van der Waals surface area contributed by atoms with Gasteiger partial charge in [0, 0.05) is 18.2 Å².